The topological polar surface area (TPSA) is 54.5 Å². The Hall–Kier alpha value is -4.07. The van der Waals surface area contributed by atoms with Crippen molar-refractivity contribution >= 4 is 28.2 Å². The molecule has 0 bridgehead atoms. The highest BCUT2D eigenvalue weighted by molar-refractivity contribution is 6.08. The van der Waals surface area contributed by atoms with Gasteiger partial charge in [-0.1, -0.05) is 36.4 Å². The summed E-state index contributed by atoms with van der Waals surface area (Å²) in [5.74, 6) is -3.36. The molecule has 0 spiro atoms. The van der Waals surface area contributed by atoms with Gasteiger partial charge in [0.1, 0.15) is 24.1 Å². The molecule has 1 aliphatic heterocycles. The quantitative estimate of drug-likeness (QED) is 0.406. The first-order chi connectivity index (χ1) is 16.3. The third-order valence-corrected chi connectivity index (χ3v) is 5.87. The zero-order valence-corrected chi connectivity index (χ0v) is 18.4. The van der Waals surface area contributed by atoms with E-state index >= 15 is 0 Å². The highest BCUT2D eigenvalue weighted by Gasteiger charge is 2.31. The highest BCUT2D eigenvalue weighted by atomic mass is 19.2. The van der Waals surface area contributed by atoms with E-state index in [0.717, 1.165) is 11.6 Å². The van der Waals surface area contributed by atoms with Gasteiger partial charge in [-0.25, -0.2) is 13.2 Å². The maximum absolute atomic E-state index is 14.6. The number of nitrogens with zero attached hydrogens (tertiary/aromatic N) is 2. The Morgan fingerprint density at radius 2 is 1.85 bits per heavy atom. The van der Waals surface area contributed by atoms with Crippen LogP contribution in [0.2, 0.25) is 0 Å². The summed E-state index contributed by atoms with van der Waals surface area (Å²) in [6.07, 6.45) is 1.47. The van der Waals surface area contributed by atoms with Crippen molar-refractivity contribution in [2.24, 2.45) is 0 Å². The number of fused-ring (bicyclic) bond motifs is 2. The van der Waals surface area contributed by atoms with Crippen molar-refractivity contribution in [3.8, 4) is 16.9 Å². The average Bonchev–Trinajstić information content (AvgIpc) is 3.25. The Balaban J connectivity index is 1.59. The maximum atomic E-state index is 14.6. The molecule has 0 aliphatic carbocycles. The number of hydrogen-bond donors (Lipinski definition) is 1. The molecule has 3 aromatic carbocycles. The van der Waals surface area contributed by atoms with Gasteiger partial charge in [0.25, 0.3) is 0 Å². The molecule has 4 aromatic rings. The number of carbonyl (C=O) groups excluding carboxylic acids is 1. The van der Waals surface area contributed by atoms with Gasteiger partial charge in [0.15, 0.2) is 11.6 Å². The monoisotopic (exact) mass is 463 g/mol. The van der Waals surface area contributed by atoms with Crippen LogP contribution in [-0.4, -0.2) is 31.6 Å². The van der Waals surface area contributed by atoms with Gasteiger partial charge in [-0.2, -0.15) is 0 Å². The lowest BCUT2D eigenvalue weighted by atomic mass is 9.99. The van der Waals surface area contributed by atoms with Gasteiger partial charge >= 0.3 is 0 Å². The van der Waals surface area contributed by atoms with Gasteiger partial charge < -0.3 is 15.0 Å². The fraction of sp³-hybridized carbons (Fsp3) is 0.154. The molecule has 0 saturated heterocycles. The van der Waals surface area contributed by atoms with E-state index < -0.39 is 23.4 Å². The second-order valence-corrected chi connectivity index (χ2v) is 8.26. The van der Waals surface area contributed by atoms with Crippen molar-refractivity contribution in [1.82, 2.24) is 4.98 Å². The van der Waals surface area contributed by atoms with Crippen LogP contribution in [-0.2, 0) is 4.79 Å². The summed E-state index contributed by atoms with van der Waals surface area (Å²) in [6, 6.07) is 13.8. The number of aromatic nitrogens is 1. The molecule has 0 radical (unpaired) electrons. The molecule has 172 valence electrons. The average molecular weight is 463 g/mol. The molecule has 34 heavy (non-hydrogen) atoms. The van der Waals surface area contributed by atoms with E-state index in [1.807, 2.05) is 24.3 Å². The minimum Gasteiger partial charge on any atom is -0.492 e. The summed E-state index contributed by atoms with van der Waals surface area (Å²) in [5, 5.41) is 3.53. The Kier molecular flexibility index (Phi) is 5.36. The first kappa shape index (κ1) is 21.8. The van der Waals surface area contributed by atoms with Crippen LogP contribution < -0.4 is 15.0 Å². The number of ether oxygens (including phenoxy) is 1. The number of para-hydroxylation sites is 2. The largest absolute Gasteiger partial charge is 0.492 e. The molecule has 0 saturated carbocycles. The molecule has 1 aromatic heterocycles. The fourth-order valence-electron chi connectivity index (χ4n) is 4.35. The van der Waals surface area contributed by atoms with E-state index in [2.05, 4.69) is 10.3 Å². The van der Waals surface area contributed by atoms with Crippen LogP contribution in [0.5, 0.6) is 5.75 Å². The van der Waals surface area contributed by atoms with Crippen LogP contribution in [0.4, 0.5) is 24.5 Å². The lowest BCUT2D eigenvalue weighted by Crippen LogP contribution is -2.24. The zero-order chi connectivity index (χ0) is 24.0. The van der Waals surface area contributed by atoms with Crippen LogP contribution in [0.25, 0.3) is 22.0 Å². The number of pyridine rings is 1. The Bertz CT molecular complexity index is 1440. The summed E-state index contributed by atoms with van der Waals surface area (Å²) in [6.45, 7) is 0.234. The number of rotatable bonds is 4. The first-order valence-electron chi connectivity index (χ1n) is 10.6. The number of benzene rings is 3. The van der Waals surface area contributed by atoms with Gasteiger partial charge in [0, 0.05) is 42.2 Å². The first-order valence-corrected chi connectivity index (χ1v) is 10.6. The number of anilines is 2. The van der Waals surface area contributed by atoms with E-state index in [4.69, 9.17) is 4.74 Å². The summed E-state index contributed by atoms with van der Waals surface area (Å²) < 4.78 is 47.9. The van der Waals surface area contributed by atoms with E-state index in [0.29, 0.717) is 34.1 Å². The van der Waals surface area contributed by atoms with Crippen molar-refractivity contribution < 1.29 is 22.7 Å². The molecule has 1 atom stereocenters. The molecule has 0 unspecified atom stereocenters. The summed E-state index contributed by atoms with van der Waals surface area (Å²) >= 11 is 0. The standard InChI is InChI=1S/C26H20F3N3O2/c1-32(2)25-17-8-5-7-16(18-10-14(27)11-20(28)23(18)29)24(17)30-12-21(25)31-26(33)19-13-34-22-9-4-3-6-15(19)22/h3-12,19H,13H2,1-2H3,(H,31,33)/t19-/m0/s1. The molecule has 0 fully saturated rings. The Morgan fingerprint density at radius 1 is 1.06 bits per heavy atom. The molecule has 1 amide bonds. The van der Waals surface area contributed by atoms with Crippen molar-refractivity contribution in [3.63, 3.8) is 0 Å². The molecule has 1 N–H and O–H groups in total. The molecular formula is C26H20F3N3O2. The van der Waals surface area contributed by atoms with Gasteiger partial charge in [0.05, 0.1) is 23.1 Å². The molecule has 1 aliphatic rings. The third kappa shape index (κ3) is 3.61. The number of nitrogens with one attached hydrogen (secondary N) is 1. The van der Waals surface area contributed by atoms with Gasteiger partial charge in [-0.15, -0.1) is 0 Å². The smallest absolute Gasteiger partial charge is 0.235 e. The van der Waals surface area contributed by atoms with Crippen molar-refractivity contribution in [2.45, 2.75) is 5.92 Å². The van der Waals surface area contributed by atoms with E-state index in [1.165, 1.54) is 6.20 Å². The summed E-state index contributed by atoms with van der Waals surface area (Å²) in [7, 11) is 3.60. The second kappa shape index (κ2) is 8.37. The van der Waals surface area contributed by atoms with Crippen molar-refractivity contribution in [2.75, 3.05) is 30.9 Å². The Morgan fingerprint density at radius 3 is 2.65 bits per heavy atom. The molecule has 8 heteroatoms. The zero-order valence-electron chi connectivity index (χ0n) is 18.4. The van der Waals surface area contributed by atoms with Gasteiger partial charge in [0.2, 0.25) is 5.91 Å². The van der Waals surface area contributed by atoms with Crippen LogP contribution in [0.3, 0.4) is 0 Å². The summed E-state index contributed by atoms with van der Waals surface area (Å²) in [5.41, 5.74) is 2.26. The SMILES string of the molecule is CN(C)c1c(NC(=O)[C@H]2COc3ccccc32)cnc2c(-c3cc(F)cc(F)c3F)cccc12. The lowest BCUT2D eigenvalue weighted by molar-refractivity contribution is -0.117. The second-order valence-electron chi connectivity index (χ2n) is 8.26. The number of hydrogen-bond acceptors (Lipinski definition) is 4. The highest BCUT2D eigenvalue weighted by Crippen LogP contribution is 2.39. The molecule has 5 nitrogen and oxygen atoms in total. The molecule has 5 rings (SSSR count). The van der Waals surface area contributed by atoms with E-state index in [-0.39, 0.29) is 23.6 Å². The minimum absolute atomic E-state index is 0.225. The maximum Gasteiger partial charge on any atom is 0.235 e. The van der Waals surface area contributed by atoms with E-state index in [1.54, 1.807) is 37.2 Å². The lowest BCUT2D eigenvalue weighted by Gasteiger charge is -2.22. The van der Waals surface area contributed by atoms with Crippen LogP contribution >= 0.6 is 0 Å². The number of amides is 1. The Labute approximate surface area is 193 Å². The molecule has 2 heterocycles. The molecular weight excluding hydrogens is 443 g/mol. The van der Waals surface area contributed by atoms with Gasteiger partial charge in [-0.3, -0.25) is 9.78 Å². The number of carbonyl (C=O) groups is 1. The van der Waals surface area contributed by atoms with Crippen molar-refractivity contribution in [1.29, 1.82) is 0 Å². The number of halogens is 3. The predicted molar refractivity (Wildman–Crippen MR) is 125 cm³/mol. The third-order valence-electron chi connectivity index (χ3n) is 5.87. The van der Waals surface area contributed by atoms with E-state index in [9.17, 15) is 18.0 Å². The van der Waals surface area contributed by atoms with Crippen molar-refractivity contribution in [3.05, 3.63) is 83.8 Å². The minimum atomic E-state index is -1.28. The summed E-state index contributed by atoms with van der Waals surface area (Å²) in [4.78, 5) is 19.4. The van der Waals surface area contributed by atoms with Gasteiger partial charge in [-0.05, 0) is 12.1 Å². The van der Waals surface area contributed by atoms with Crippen LogP contribution in [0.15, 0.2) is 60.8 Å². The fourth-order valence-corrected chi connectivity index (χ4v) is 4.35. The normalized spacial score (nSPS) is 14.6. The van der Waals surface area contributed by atoms with Crippen LogP contribution in [0.1, 0.15) is 11.5 Å². The van der Waals surface area contributed by atoms with Crippen LogP contribution in [0, 0.1) is 17.5 Å². The predicted octanol–water partition coefficient (Wildman–Crippen LogP) is 5.50.